The van der Waals surface area contributed by atoms with Crippen LogP contribution >= 0.6 is 0 Å². The van der Waals surface area contributed by atoms with Crippen molar-refractivity contribution < 1.29 is 9.13 Å². The molecule has 5 nitrogen and oxygen atoms in total. The van der Waals surface area contributed by atoms with Gasteiger partial charge in [0.15, 0.2) is 11.6 Å². The first-order valence-corrected chi connectivity index (χ1v) is 8.81. The SMILES string of the molecule is Cc1cccc(Oc2ccc(-c3cc4c([nH]3)CC3NCCN43)cc2F)n1. The molecule has 0 radical (unpaired) electrons. The minimum Gasteiger partial charge on any atom is -0.436 e. The number of hydrogen-bond acceptors (Lipinski definition) is 4. The van der Waals surface area contributed by atoms with Gasteiger partial charge in [0.2, 0.25) is 5.88 Å². The number of anilines is 1. The number of halogens is 1. The van der Waals surface area contributed by atoms with Gasteiger partial charge in [-0.2, -0.15) is 0 Å². The topological polar surface area (TPSA) is 53.2 Å². The molecule has 6 heteroatoms. The zero-order valence-electron chi connectivity index (χ0n) is 14.4. The van der Waals surface area contributed by atoms with Crippen molar-refractivity contribution in [3.05, 3.63) is 59.7 Å². The predicted octanol–water partition coefficient (Wildman–Crippen LogP) is 3.61. The number of nitrogens with one attached hydrogen (secondary N) is 2. The summed E-state index contributed by atoms with van der Waals surface area (Å²) in [6.45, 7) is 3.90. The van der Waals surface area contributed by atoms with Crippen LogP contribution in [-0.2, 0) is 6.42 Å². The van der Waals surface area contributed by atoms with E-state index in [0.29, 0.717) is 12.0 Å². The predicted molar refractivity (Wildman–Crippen MR) is 98.1 cm³/mol. The normalized spacial score (nSPS) is 18.1. The number of aromatic nitrogens is 2. The lowest BCUT2D eigenvalue weighted by atomic mass is 10.1. The molecule has 2 aliphatic rings. The number of aromatic amines is 1. The number of H-pyrrole nitrogens is 1. The number of fused-ring (bicyclic) bond motifs is 3. The fourth-order valence-corrected chi connectivity index (χ4v) is 3.77. The van der Waals surface area contributed by atoms with Gasteiger partial charge in [-0.1, -0.05) is 6.07 Å². The summed E-state index contributed by atoms with van der Waals surface area (Å²) in [5.41, 5.74) is 5.00. The van der Waals surface area contributed by atoms with E-state index in [0.717, 1.165) is 36.5 Å². The molecular weight excluding hydrogens is 331 g/mol. The van der Waals surface area contributed by atoms with Crippen LogP contribution in [0.25, 0.3) is 11.3 Å². The van der Waals surface area contributed by atoms with Gasteiger partial charge in [0.25, 0.3) is 0 Å². The molecule has 1 atom stereocenters. The van der Waals surface area contributed by atoms with Crippen molar-refractivity contribution in [2.24, 2.45) is 0 Å². The molecule has 0 amide bonds. The molecule has 5 rings (SSSR count). The van der Waals surface area contributed by atoms with Crippen molar-refractivity contribution in [3.63, 3.8) is 0 Å². The van der Waals surface area contributed by atoms with Gasteiger partial charge in [-0.05, 0) is 37.3 Å². The van der Waals surface area contributed by atoms with E-state index in [2.05, 4.69) is 26.3 Å². The minimum atomic E-state index is -0.402. The van der Waals surface area contributed by atoms with Gasteiger partial charge in [-0.25, -0.2) is 9.37 Å². The average Bonchev–Trinajstić information content (AvgIpc) is 3.29. The number of aryl methyl sites for hydroxylation is 1. The molecule has 1 aromatic carbocycles. The average molecular weight is 350 g/mol. The van der Waals surface area contributed by atoms with Crippen LogP contribution in [0.2, 0.25) is 0 Å². The van der Waals surface area contributed by atoms with Gasteiger partial charge in [0.1, 0.15) is 0 Å². The summed E-state index contributed by atoms with van der Waals surface area (Å²) in [6.07, 6.45) is 1.36. The van der Waals surface area contributed by atoms with Gasteiger partial charge >= 0.3 is 0 Å². The van der Waals surface area contributed by atoms with Crippen LogP contribution in [0, 0.1) is 12.7 Å². The first kappa shape index (κ1) is 15.4. The van der Waals surface area contributed by atoms with E-state index in [9.17, 15) is 4.39 Å². The monoisotopic (exact) mass is 350 g/mol. The lowest BCUT2D eigenvalue weighted by molar-refractivity contribution is 0.427. The lowest BCUT2D eigenvalue weighted by Gasteiger charge is -2.16. The number of benzene rings is 1. The first-order chi connectivity index (χ1) is 12.7. The van der Waals surface area contributed by atoms with E-state index in [1.54, 1.807) is 12.1 Å². The van der Waals surface area contributed by atoms with Gasteiger partial charge in [-0.15, -0.1) is 0 Å². The molecular formula is C20H19FN4O. The zero-order chi connectivity index (χ0) is 17.7. The van der Waals surface area contributed by atoms with Gasteiger partial charge in [0, 0.05) is 48.2 Å². The molecule has 1 unspecified atom stereocenters. The van der Waals surface area contributed by atoms with Crippen molar-refractivity contribution in [1.82, 2.24) is 15.3 Å². The number of nitrogens with zero attached hydrogens (tertiary/aromatic N) is 2. The Hall–Kier alpha value is -2.86. The van der Waals surface area contributed by atoms with Crippen LogP contribution in [0.1, 0.15) is 11.4 Å². The molecule has 1 fully saturated rings. The Morgan fingerprint density at radius 3 is 3.00 bits per heavy atom. The second-order valence-electron chi connectivity index (χ2n) is 6.78. The highest BCUT2D eigenvalue weighted by Crippen LogP contribution is 2.37. The highest BCUT2D eigenvalue weighted by Gasteiger charge is 2.34. The van der Waals surface area contributed by atoms with Crippen molar-refractivity contribution >= 4 is 5.69 Å². The number of hydrogen-bond donors (Lipinski definition) is 2. The second kappa shape index (κ2) is 5.85. The van der Waals surface area contributed by atoms with E-state index in [4.69, 9.17) is 4.74 Å². The molecule has 132 valence electrons. The molecule has 0 bridgehead atoms. The van der Waals surface area contributed by atoms with Crippen LogP contribution in [0.3, 0.4) is 0 Å². The van der Waals surface area contributed by atoms with E-state index < -0.39 is 5.82 Å². The minimum absolute atomic E-state index is 0.176. The molecule has 0 saturated carbocycles. The summed E-state index contributed by atoms with van der Waals surface area (Å²) in [4.78, 5) is 10.1. The molecule has 4 heterocycles. The molecule has 3 aromatic rings. The summed E-state index contributed by atoms with van der Waals surface area (Å²) in [7, 11) is 0. The van der Waals surface area contributed by atoms with Crippen LogP contribution in [0.4, 0.5) is 10.1 Å². The maximum Gasteiger partial charge on any atom is 0.219 e. The van der Waals surface area contributed by atoms with E-state index in [1.807, 2.05) is 25.1 Å². The van der Waals surface area contributed by atoms with Gasteiger partial charge in [-0.3, -0.25) is 5.32 Å². The summed E-state index contributed by atoms with van der Waals surface area (Å²) < 4.78 is 20.1. The van der Waals surface area contributed by atoms with E-state index in [1.165, 1.54) is 17.4 Å². The zero-order valence-corrected chi connectivity index (χ0v) is 14.4. The van der Waals surface area contributed by atoms with Crippen molar-refractivity contribution in [1.29, 1.82) is 0 Å². The summed E-state index contributed by atoms with van der Waals surface area (Å²) in [6, 6.07) is 12.6. The van der Waals surface area contributed by atoms with E-state index in [-0.39, 0.29) is 5.75 Å². The third kappa shape index (κ3) is 2.54. The molecule has 2 N–H and O–H groups in total. The Bertz CT molecular complexity index is 984. The highest BCUT2D eigenvalue weighted by molar-refractivity contribution is 5.71. The van der Waals surface area contributed by atoms with Crippen LogP contribution in [-0.4, -0.2) is 29.2 Å². The van der Waals surface area contributed by atoms with E-state index >= 15 is 0 Å². The third-order valence-electron chi connectivity index (χ3n) is 5.01. The molecule has 26 heavy (non-hydrogen) atoms. The summed E-state index contributed by atoms with van der Waals surface area (Å²) in [5, 5.41) is 3.48. The van der Waals surface area contributed by atoms with Crippen molar-refractivity contribution in [2.75, 3.05) is 18.0 Å². The second-order valence-corrected chi connectivity index (χ2v) is 6.78. The number of ether oxygens (including phenoxy) is 1. The van der Waals surface area contributed by atoms with Crippen molar-refractivity contribution in [3.8, 4) is 22.9 Å². The summed E-state index contributed by atoms with van der Waals surface area (Å²) >= 11 is 0. The van der Waals surface area contributed by atoms with Crippen molar-refractivity contribution in [2.45, 2.75) is 19.5 Å². The Morgan fingerprint density at radius 2 is 2.15 bits per heavy atom. The summed E-state index contributed by atoms with van der Waals surface area (Å²) in [5.74, 6) is 0.166. The molecule has 1 saturated heterocycles. The smallest absolute Gasteiger partial charge is 0.219 e. The Balaban J connectivity index is 1.41. The maximum atomic E-state index is 14.6. The standard InChI is InChI=1S/C20H19FN4O/c1-12-3-2-4-20(23-12)26-18-6-5-13(9-14(18)21)15-10-17-16(24-15)11-19-22-7-8-25(17)19/h2-6,9-10,19,22,24H,7-8,11H2,1H3. The number of rotatable bonds is 3. The first-order valence-electron chi connectivity index (χ1n) is 8.81. The highest BCUT2D eigenvalue weighted by atomic mass is 19.1. The molecule has 0 spiro atoms. The van der Waals surface area contributed by atoms with Crippen LogP contribution in [0.5, 0.6) is 11.6 Å². The van der Waals surface area contributed by atoms with Gasteiger partial charge < -0.3 is 14.6 Å². The molecule has 0 aliphatic carbocycles. The fourth-order valence-electron chi connectivity index (χ4n) is 3.77. The Kier molecular flexibility index (Phi) is 3.46. The third-order valence-corrected chi connectivity index (χ3v) is 5.01. The maximum absolute atomic E-state index is 14.6. The van der Waals surface area contributed by atoms with Crippen LogP contribution < -0.4 is 15.0 Å². The largest absolute Gasteiger partial charge is 0.436 e. The Labute approximate surface area is 150 Å². The molecule has 2 aromatic heterocycles. The van der Waals surface area contributed by atoms with Gasteiger partial charge in [0.05, 0.1) is 11.9 Å². The fraction of sp³-hybridized carbons (Fsp3) is 0.250. The Morgan fingerprint density at radius 1 is 1.23 bits per heavy atom. The van der Waals surface area contributed by atoms with Crippen LogP contribution in [0.15, 0.2) is 42.5 Å². The molecule has 2 aliphatic heterocycles. The number of pyridine rings is 1. The lowest BCUT2D eigenvalue weighted by Crippen LogP contribution is -2.32. The quantitative estimate of drug-likeness (QED) is 0.758.